The molecule has 0 radical (unpaired) electrons. The van der Waals surface area contributed by atoms with Gasteiger partial charge in [0, 0.05) is 17.8 Å². The fraction of sp³-hybridized carbons (Fsp3) is 0.0667. The molecule has 0 saturated carbocycles. The van der Waals surface area contributed by atoms with Gasteiger partial charge in [0.05, 0.1) is 18.3 Å². The normalized spacial score (nSPS) is 11.3. The first-order valence-electron chi connectivity index (χ1n) is 6.33. The average Bonchev–Trinajstić information content (AvgIpc) is 3.04. The van der Waals surface area contributed by atoms with Crippen molar-refractivity contribution in [3.63, 3.8) is 0 Å². The molecule has 21 heavy (non-hydrogen) atoms. The third-order valence-electron chi connectivity index (χ3n) is 3.28. The van der Waals surface area contributed by atoms with Crippen molar-refractivity contribution in [3.05, 3.63) is 48.4 Å². The van der Waals surface area contributed by atoms with E-state index in [1.165, 1.54) is 23.5 Å². The van der Waals surface area contributed by atoms with Crippen LogP contribution in [0, 0.1) is 5.82 Å². The van der Waals surface area contributed by atoms with Gasteiger partial charge in [-0.2, -0.15) is 0 Å². The van der Waals surface area contributed by atoms with Crippen molar-refractivity contribution >= 4 is 26.6 Å². The maximum absolute atomic E-state index is 13.0. The van der Waals surface area contributed by atoms with Gasteiger partial charge < -0.3 is 4.74 Å². The number of benzene rings is 1. The maximum Gasteiger partial charge on any atom is 0.214 e. The maximum atomic E-state index is 13.0. The molecule has 0 saturated heterocycles. The number of hydrogen-bond donors (Lipinski definition) is 0. The molecule has 3 aromatic heterocycles. The summed E-state index contributed by atoms with van der Waals surface area (Å²) in [5.41, 5.74) is 2.69. The summed E-state index contributed by atoms with van der Waals surface area (Å²) >= 11 is 1.50. The molecule has 0 spiro atoms. The molecule has 0 aliphatic heterocycles. The van der Waals surface area contributed by atoms with E-state index in [0.29, 0.717) is 5.88 Å². The van der Waals surface area contributed by atoms with Crippen LogP contribution >= 0.6 is 11.3 Å². The van der Waals surface area contributed by atoms with Gasteiger partial charge >= 0.3 is 0 Å². The van der Waals surface area contributed by atoms with Gasteiger partial charge in [0.15, 0.2) is 4.96 Å². The Morgan fingerprint density at radius 3 is 2.67 bits per heavy atom. The van der Waals surface area contributed by atoms with Crippen molar-refractivity contribution in [1.82, 2.24) is 14.4 Å². The molecule has 4 nitrogen and oxygen atoms in total. The summed E-state index contributed by atoms with van der Waals surface area (Å²) in [4.78, 5) is 10.7. The van der Waals surface area contributed by atoms with E-state index < -0.39 is 0 Å². The summed E-state index contributed by atoms with van der Waals surface area (Å²) in [6.07, 6.45) is 1.94. The summed E-state index contributed by atoms with van der Waals surface area (Å²) in [6, 6.07) is 10.1. The largest absolute Gasteiger partial charge is 0.481 e. The van der Waals surface area contributed by atoms with Crippen LogP contribution in [-0.4, -0.2) is 21.5 Å². The van der Waals surface area contributed by atoms with Gasteiger partial charge in [0.2, 0.25) is 5.88 Å². The number of thiazole rings is 1. The predicted octanol–water partition coefficient (Wildman–Crippen LogP) is 3.76. The number of nitrogens with zero attached hydrogens (tertiary/aromatic N) is 3. The first-order chi connectivity index (χ1) is 10.2. The van der Waals surface area contributed by atoms with E-state index in [1.54, 1.807) is 19.2 Å². The molecular weight excluding hydrogens is 289 g/mol. The highest BCUT2D eigenvalue weighted by molar-refractivity contribution is 7.23. The first-order valence-corrected chi connectivity index (χ1v) is 7.15. The molecule has 0 unspecified atom stereocenters. The van der Waals surface area contributed by atoms with Crippen LogP contribution in [0.2, 0.25) is 0 Å². The molecule has 0 bridgehead atoms. The first kappa shape index (κ1) is 12.3. The number of aromatic nitrogens is 3. The van der Waals surface area contributed by atoms with Crippen LogP contribution < -0.4 is 4.74 Å². The fourth-order valence-electron chi connectivity index (χ4n) is 2.24. The van der Waals surface area contributed by atoms with Crippen LogP contribution in [0.1, 0.15) is 0 Å². The highest BCUT2D eigenvalue weighted by atomic mass is 32.1. The van der Waals surface area contributed by atoms with Gasteiger partial charge in [0.25, 0.3) is 0 Å². The van der Waals surface area contributed by atoms with Gasteiger partial charge in [-0.15, -0.1) is 0 Å². The van der Waals surface area contributed by atoms with Crippen LogP contribution in [0.3, 0.4) is 0 Å². The minimum Gasteiger partial charge on any atom is -0.481 e. The average molecular weight is 299 g/mol. The molecule has 3 heterocycles. The molecule has 0 aliphatic rings. The van der Waals surface area contributed by atoms with Crippen molar-refractivity contribution < 1.29 is 9.13 Å². The highest BCUT2D eigenvalue weighted by Gasteiger charge is 2.11. The van der Waals surface area contributed by atoms with E-state index in [0.717, 1.165) is 26.6 Å². The second kappa shape index (κ2) is 4.53. The number of hydrogen-bond acceptors (Lipinski definition) is 4. The molecule has 4 aromatic rings. The topological polar surface area (TPSA) is 39.4 Å². The Morgan fingerprint density at radius 2 is 1.90 bits per heavy atom. The molecule has 6 heteroatoms. The molecule has 0 fully saturated rings. The van der Waals surface area contributed by atoms with E-state index in [1.807, 2.05) is 22.7 Å². The number of imidazole rings is 1. The summed E-state index contributed by atoms with van der Waals surface area (Å²) in [5.74, 6) is 0.340. The lowest BCUT2D eigenvalue weighted by molar-refractivity contribution is 0.400. The minimum absolute atomic E-state index is 0.249. The zero-order chi connectivity index (χ0) is 14.4. The highest BCUT2D eigenvalue weighted by Crippen LogP contribution is 2.29. The van der Waals surface area contributed by atoms with Gasteiger partial charge in [0.1, 0.15) is 10.6 Å². The number of halogens is 1. The molecule has 0 N–H and O–H groups in total. The Hall–Kier alpha value is -2.47. The third-order valence-corrected chi connectivity index (χ3v) is 4.25. The lowest BCUT2D eigenvalue weighted by Crippen LogP contribution is -1.86. The second-order valence-corrected chi connectivity index (χ2v) is 5.52. The number of methoxy groups -OCH3 is 1. The number of ether oxygens (including phenoxy) is 1. The van der Waals surface area contributed by atoms with E-state index in [4.69, 9.17) is 4.74 Å². The van der Waals surface area contributed by atoms with Gasteiger partial charge in [-0.1, -0.05) is 11.3 Å². The molecule has 0 aliphatic carbocycles. The van der Waals surface area contributed by atoms with E-state index in [-0.39, 0.29) is 5.82 Å². The van der Waals surface area contributed by atoms with Gasteiger partial charge in [-0.05, 0) is 30.3 Å². The van der Waals surface area contributed by atoms with Crippen molar-refractivity contribution in [3.8, 4) is 17.1 Å². The van der Waals surface area contributed by atoms with Crippen LogP contribution in [0.4, 0.5) is 4.39 Å². The SMILES string of the molecule is COc1ccc2c(n1)sc1nc(-c3ccc(F)cc3)cn12. The Balaban J connectivity index is 1.88. The number of fused-ring (bicyclic) bond motifs is 3. The van der Waals surface area contributed by atoms with Gasteiger partial charge in [-0.3, -0.25) is 4.40 Å². The van der Waals surface area contributed by atoms with Crippen molar-refractivity contribution in [1.29, 1.82) is 0 Å². The number of pyridine rings is 1. The zero-order valence-corrected chi connectivity index (χ0v) is 11.9. The minimum atomic E-state index is -0.249. The third kappa shape index (κ3) is 1.95. The Bertz CT molecular complexity index is 943. The Labute approximate surface area is 123 Å². The molecular formula is C15H10FN3OS. The molecule has 104 valence electrons. The standard InChI is InChI=1S/C15H10FN3OS/c1-20-13-7-6-12-14(18-13)21-15-17-11(8-19(12)15)9-2-4-10(16)5-3-9/h2-8H,1H3. The van der Waals surface area contributed by atoms with Crippen molar-refractivity contribution in [2.45, 2.75) is 0 Å². The summed E-state index contributed by atoms with van der Waals surface area (Å²) in [7, 11) is 1.60. The van der Waals surface area contributed by atoms with Crippen LogP contribution in [-0.2, 0) is 0 Å². The van der Waals surface area contributed by atoms with E-state index in [9.17, 15) is 4.39 Å². The number of rotatable bonds is 2. The molecule has 0 amide bonds. The summed E-state index contributed by atoms with van der Waals surface area (Å²) in [5, 5.41) is 0. The predicted molar refractivity (Wildman–Crippen MR) is 80.3 cm³/mol. The summed E-state index contributed by atoms with van der Waals surface area (Å²) < 4.78 is 20.1. The monoisotopic (exact) mass is 299 g/mol. The quantitative estimate of drug-likeness (QED) is 0.566. The van der Waals surface area contributed by atoms with Gasteiger partial charge in [-0.25, -0.2) is 14.4 Å². The fourth-order valence-corrected chi connectivity index (χ4v) is 3.22. The Morgan fingerprint density at radius 1 is 1.10 bits per heavy atom. The lowest BCUT2D eigenvalue weighted by Gasteiger charge is -1.97. The molecule has 0 atom stereocenters. The lowest BCUT2D eigenvalue weighted by atomic mass is 10.2. The molecule has 4 rings (SSSR count). The smallest absolute Gasteiger partial charge is 0.214 e. The van der Waals surface area contributed by atoms with Crippen molar-refractivity contribution in [2.24, 2.45) is 0 Å². The van der Waals surface area contributed by atoms with E-state index in [2.05, 4.69) is 9.97 Å². The second-order valence-electron chi connectivity index (χ2n) is 4.57. The van der Waals surface area contributed by atoms with Crippen LogP contribution in [0.5, 0.6) is 5.88 Å². The zero-order valence-electron chi connectivity index (χ0n) is 11.1. The Kier molecular flexibility index (Phi) is 2.65. The van der Waals surface area contributed by atoms with Crippen molar-refractivity contribution in [2.75, 3.05) is 7.11 Å². The van der Waals surface area contributed by atoms with Crippen LogP contribution in [0.25, 0.3) is 26.6 Å². The van der Waals surface area contributed by atoms with Crippen LogP contribution in [0.15, 0.2) is 42.6 Å². The summed E-state index contributed by atoms with van der Waals surface area (Å²) in [6.45, 7) is 0. The van der Waals surface area contributed by atoms with E-state index >= 15 is 0 Å². The molecule has 1 aromatic carbocycles.